The van der Waals surface area contributed by atoms with E-state index in [2.05, 4.69) is 4.98 Å². The maximum absolute atomic E-state index is 12.6. The van der Waals surface area contributed by atoms with Crippen molar-refractivity contribution in [2.75, 3.05) is 0 Å². The van der Waals surface area contributed by atoms with E-state index in [1.165, 1.54) is 5.56 Å². The summed E-state index contributed by atoms with van der Waals surface area (Å²) in [7, 11) is 0. The van der Waals surface area contributed by atoms with Gasteiger partial charge in [-0.15, -0.1) is 0 Å². The Hall–Kier alpha value is -1.89. The van der Waals surface area contributed by atoms with Gasteiger partial charge in [-0.2, -0.15) is 13.2 Å². The largest absolute Gasteiger partial charge is 0.431 e. The number of alkyl halides is 3. The van der Waals surface area contributed by atoms with Gasteiger partial charge in [0.1, 0.15) is 5.69 Å². The highest BCUT2D eigenvalue weighted by molar-refractivity contribution is 7.71. The van der Waals surface area contributed by atoms with E-state index < -0.39 is 17.4 Å². The van der Waals surface area contributed by atoms with Crippen molar-refractivity contribution in [3.05, 3.63) is 56.2 Å². The summed E-state index contributed by atoms with van der Waals surface area (Å²) < 4.78 is 38.7. The van der Waals surface area contributed by atoms with Crippen LogP contribution in [-0.2, 0) is 19.0 Å². The molecule has 2 aromatic rings. The summed E-state index contributed by atoms with van der Waals surface area (Å²) in [4.78, 5) is 14.1. The van der Waals surface area contributed by atoms with Gasteiger partial charge in [0.15, 0.2) is 4.77 Å². The van der Waals surface area contributed by atoms with Crippen LogP contribution in [0, 0.1) is 4.77 Å². The van der Waals surface area contributed by atoms with Crippen LogP contribution in [0.4, 0.5) is 13.2 Å². The quantitative estimate of drug-likeness (QED) is 0.820. The molecule has 1 heterocycles. The van der Waals surface area contributed by atoms with Crippen molar-refractivity contribution >= 4 is 12.2 Å². The van der Waals surface area contributed by atoms with Gasteiger partial charge in [-0.25, -0.2) is 0 Å². The molecule has 0 fully saturated rings. The van der Waals surface area contributed by atoms with Crippen molar-refractivity contribution in [3.8, 4) is 5.69 Å². The van der Waals surface area contributed by atoms with E-state index in [-0.39, 0.29) is 4.77 Å². The van der Waals surface area contributed by atoms with Crippen molar-refractivity contribution in [3.63, 3.8) is 0 Å². The van der Waals surface area contributed by atoms with Crippen LogP contribution >= 0.6 is 12.2 Å². The summed E-state index contributed by atoms with van der Waals surface area (Å²) in [6.07, 6.45) is -1.67. The molecule has 110 valence electrons. The van der Waals surface area contributed by atoms with Gasteiger partial charge in [0, 0.05) is 6.07 Å². The monoisotopic (exact) mass is 312 g/mol. The molecule has 1 N–H and O–H groups in total. The molecular formula is C14H11F3N2OS. The molecule has 0 radical (unpaired) electrons. The van der Waals surface area contributed by atoms with E-state index >= 15 is 0 Å². The van der Waals surface area contributed by atoms with Crippen LogP contribution in [0.1, 0.15) is 23.2 Å². The second kappa shape index (κ2) is 4.84. The van der Waals surface area contributed by atoms with Gasteiger partial charge in [0.2, 0.25) is 0 Å². The predicted molar refractivity (Wildman–Crippen MR) is 74.3 cm³/mol. The highest BCUT2D eigenvalue weighted by Gasteiger charge is 2.32. The zero-order valence-corrected chi connectivity index (χ0v) is 11.6. The first-order chi connectivity index (χ1) is 9.86. The predicted octanol–water partition coefficient (Wildman–Crippen LogP) is 3.40. The molecule has 0 amide bonds. The Morgan fingerprint density at radius 2 is 1.86 bits per heavy atom. The normalized spacial score (nSPS) is 14.2. The summed E-state index contributed by atoms with van der Waals surface area (Å²) >= 11 is 4.91. The summed E-state index contributed by atoms with van der Waals surface area (Å²) in [5, 5.41) is 0. The summed E-state index contributed by atoms with van der Waals surface area (Å²) in [6.45, 7) is 0. The van der Waals surface area contributed by atoms with Crippen molar-refractivity contribution in [1.82, 2.24) is 9.55 Å². The highest BCUT2D eigenvalue weighted by Crippen LogP contribution is 2.27. The Kier molecular flexibility index (Phi) is 3.24. The van der Waals surface area contributed by atoms with E-state index in [1.54, 1.807) is 6.07 Å². The molecule has 7 heteroatoms. The Bertz CT molecular complexity index is 789. The Morgan fingerprint density at radius 3 is 2.52 bits per heavy atom. The van der Waals surface area contributed by atoms with E-state index in [0.29, 0.717) is 11.8 Å². The molecule has 1 aromatic heterocycles. The SMILES string of the molecule is O=c1cc(C(F)(F)F)[nH]c(=S)n1-c1ccc2c(c1)CCC2. The third-order valence-corrected chi connectivity index (χ3v) is 3.86. The summed E-state index contributed by atoms with van der Waals surface area (Å²) in [5.74, 6) is 0. The number of aromatic nitrogens is 2. The van der Waals surface area contributed by atoms with Gasteiger partial charge in [0.05, 0.1) is 5.69 Å². The zero-order valence-electron chi connectivity index (χ0n) is 10.8. The van der Waals surface area contributed by atoms with E-state index in [0.717, 1.165) is 29.4 Å². The smallest absolute Gasteiger partial charge is 0.328 e. The number of aryl methyl sites for hydroxylation is 2. The molecule has 0 saturated heterocycles. The molecule has 0 atom stereocenters. The van der Waals surface area contributed by atoms with Crippen molar-refractivity contribution < 1.29 is 13.2 Å². The third-order valence-electron chi connectivity index (χ3n) is 3.58. The van der Waals surface area contributed by atoms with Crippen LogP contribution in [0.3, 0.4) is 0 Å². The molecule has 0 bridgehead atoms. The van der Waals surface area contributed by atoms with E-state index in [1.807, 2.05) is 12.1 Å². The molecule has 0 saturated carbocycles. The summed E-state index contributed by atoms with van der Waals surface area (Å²) in [5.41, 5.74) is 0.914. The number of aromatic amines is 1. The third kappa shape index (κ3) is 2.53. The average molecular weight is 312 g/mol. The molecule has 1 aliphatic rings. The minimum Gasteiger partial charge on any atom is -0.328 e. The molecule has 0 unspecified atom stereocenters. The van der Waals surface area contributed by atoms with Gasteiger partial charge in [-0.05, 0) is 54.7 Å². The number of hydrogen-bond acceptors (Lipinski definition) is 2. The highest BCUT2D eigenvalue weighted by atomic mass is 32.1. The van der Waals surface area contributed by atoms with Crippen LogP contribution in [0.25, 0.3) is 5.69 Å². The molecule has 3 rings (SSSR count). The number of hydrogen-bond donors (Lipinski definition) is 1. The molecule has 1 aliphatic carbocycles. The van der Waals surface area contributed by atoms with Crippen molar-refractivity contribution in [1.29, 1.82) is 0 Å². The first kappa shape index (κ1) is 14.1. The topological polar surface area (TPSA) is 37.8 Å². The minimum atomic E-state index is -4.62. The van der Waals surface area contributed by atoms with Crippen LogP contribution < -0.4 is 5.56 Å². The van der Waals surface area contributed by atoms with Crippen LogP contribution in [0.2, 0.25) is 0 Å². The molecule has 21 heavy (non-hydrogen) atoms. The second-order valence-corrected chi connectivity index (χ2v) is 5.35. The fraction of sp³-hybridized carbons (Fsp3) is 0.286. The maximum atomic E-state index is 12.6. The summed E-state index contributed by atoms with van der Waals surface area (Å²) in [6, 6.07) is 5.96. The van der Waals surface area contributed by atoms with Gasteiger partial charge in [-0.3, -0.25) is 9.36 Å². The number of H-pyrrole nitrogens is 1. The molecular weight excluding hydrogens is 301 g/mol. The lowest BCUT2D eigenvalue weighted by atomic mass is 10.1. The maximum Gasteiger partial charge on any atom is 0.431 e. The lowest BCUT2D eigenvalue weighted by Crippen LogP contribution is -2.23. The number of fused-ring (bicyclic) bond motifs is 1. The van der Waals surface area contributed by atoms with Gasteiger partial charge in [-0.1, -0.05) is 6.07 Å². The lowest BCUT2D eigenvalue weighted by molar-refractivity contribution is -0.141. The molecule has 1 aromatic carbocycles. The first-order valence-electron chi connectivity index (χ1n) is 6.42. The van der Waals surface area contributed by atoms with Gasteiger partial charge in [0.25, 0.3) is 5.56 Å². The van der Waals surface area contributed by atoms with Crippen LogP contribution in [-0.4, -0.2) is 9.55 Å². The lowest BCUT2D eigenvalue weighted by Gasteiger charge is -2.11. The number of nitrogens with zero attached hydrogens (tertiary/aromatic N) is 1. The second-order valence-electron chi connectivity index (χ2n) is 4.97. The minimum absolute atomic E-state index is 0.257. The Balaban J connectivity index is 2.16. The van der Waals surface area contributed by atoms with Gasteiger partial charge >= 0.3 is 6.18 Å². The Labute approximate surface area is 123 Å². The van der Waals surface area contributed by atoms with Crippen LogP contribution in [0.5, 0.6) is 0 Å². The average Bonchev–Trinajstić information content (AvgIpc) is 2.84. The van der Waals surface area contributed by atoms with Crippen molar-refractivity contribution in [2.45, 2.75) is 25.4 Å². The molecule has 3 nitrogen and oxygen atoms in total. The first-order valence-corrected chi connectivity index (χ1v) is 6.83. The molecule has 0 aliphatic heterocycles. The Morgan fingerprint density at radius 1 is 1.14 bits per heavy atom. The number of benzene rings is 1. The number of rotatable bonds is 1. The number of nitrogens with one attached hydrogen (secondary N) is 1. The van der Waals surface area contributed by atoms with E-state index in [4.69, 9.17) is 12.2 Å². The fourth-order valence-electron chi connectivity index (χ4n) is 2.59. The van der Waals surface area contributed by atoms with Crippen LogP contribution in [0.15, 0.2) is 29.1 Å². The number of halogens is 3. The zero-order chi connectivity index (χ0) is 15.2. The standard InChI is InChI=1S/C14H11F3N2OS/c15-14(16,17)11-7-12(20)19(13(21)18-11)10-5-4-8-2-1-3-9(8)6-10/h4-7H,1-3H2,(H,18,21). The van der Waals surface area contributed by atoms with Crippen molar-refractivity contribution in [2.24, 2.45) is 0 Å². The van der Waals surface area contributed by atoms with E-state index in [9.17, 15) is 18.0 Å². The molecule has 0 spiro atoms. The van der Waals surface area contributed by atoms with Gasteiger partial charge < -0.3 is 4.98 Å². The fourth-order valence-corrected chi connectivity index (χ4v) is 2.90.